The van der Waals surface area contributed by atoms with Crippen LogP contribution >= 0.6 is 15.9 Å². The van der Waals surface area contributed by atoms with Gasteiger partial charge in [0.05, 0.1) is 11.0 Å². The third kappa shape index (κ3) is 2.95. The Kier molecular flexibility index (Phi) is 3.52. The minimum atomic E-state index is -2.83. The van der Waals surface area contributed by atoms with Crippen LogP contribution in [0.2, 0.25) is 0 Å². The van der Waals surface area contributed by atoms with Gasteiger partial charge in [0.1, 0.15) is 5.82 Å². The molecule has 0 bridgehead atoms. The Balaban J connectivity index is 2.01. The van der Waals surface area contributed by atoms with Crippen LogP contribution in [0.25, 0.3) is 0 Å². The van der Waals surface area contributed by atoms with E-state index in [2.05, 4.69) is 21.2 Å². The van der Waals surface area contributed by atoms with E-state index in [1.807, 2.05) is 0 Å². The van der Waals surface area contributed by atoms with Crippen LogP contribution < -0.4 is 5.32 Å². The van der Waals surface area contributed by atoms with Gasteiger partial charge in [-0.15, -0.1) is 0 Å². The Hall–Kier alpha value is -1.24. The number of rotatable bonds is 1. The standard InChI is InChI=1S/C11H10BrF3N2O/c12-8-2-1-7(5-9(8)13)16-10(18)17-4-3-11(14,15)6-17/h1-2,5H,3-4,6H2,(H,16,18). The van der Waals surface area contributed by atoms with E-state index in [4.69, 9.17) is 0 Å². The van der Waals surface area contributed by atoms with Gasteiger partial charge in [0.2, 0.25) is 0 Å². The van der Waals surface area contributed by atoms with E-state index >= 15 is 0 Å². The predicted molar refractivity (Wildman–Crippen MR) is 64.3 cm³/mol. The Labute approximate surface area is 110 Å². The molecule has 2 rings (SSSR count). The number of carbonyl (C=O) groups excluding carboxylic acids is 1. The summed E-state index contributed by atoms with van der Waals surface area (Å²) >= 11 is 2.98. The highest BCUT2D eigenvalue weighted by molar-refractivity contribution is 9.10. The Morgan fingerprint density at radius 3 is 2.72 bits per heavy atom. The van der Waals surface area contributed by atoms with Gasteiger partial charge >= 0.3 is 6.03 Å². The van der Waals surface area contributed by atoms with Crippen molar-refractivity contribution in [2.24, 2.45) is 0 Å². The van der Waals surface area contributed by atoms with E-state index in [-0.39, 0.29) is 23.1 Å². The van der Waals surface area contributed by atoms with Gasteiger partial charge < -0.3 is 10.2 Å². The van der Waals surface area contributed by atoms with Crippen molar-refractivity contribution in [2.75, 3.05) is 18.4 Å². The number of urea groups is 1. The molecule has 1 heterocycles. The number of benzene rings is 1. The summed E-state index contributed by atoms with van der Waals surface area (Å²) in [5.41, 5.74) is 0.232. The minimum Gasteiger partial charge on any atom is -0.318 e. The molecule has 0 atom stereocenters. The summed E-state index contributed by atoms with van der Waals surface area (Å²) in [6.45, 7) is -0.602. The fourth-order valence-electron chi connectivity index (χ4n) is 1.69. The van der Waals surface area contributed by atoms with Crippen molar-refractivity contribution in [2.45, 2.75) is 12.3 Å². The molecule has 0 radical (unpaired) electrons. The predicted octanol–water partition coefficient (Wildman–Crippen LogP) is 3.46. The monoisotopic (exact) mass is 322 g/mol. The van der Waals surface area contributed by atoms with Crippen molar-refractivity contribution in [3.63, 3.8) is 0 Å². The molecule has 18 heavy (non-hydrogen) atoms. The van der Waals surface area contributed by atoms with Gasteiger partial charge in [0.25, 0.3) is 5.92 Å². The summed E-state index contributed by atoms with van der Waals surface area (Å²) in [5, 5.41) is 2.38. The molecule has 0 unspecified atom stereocenters. The maximum Gasteiger partial charge on any atom is 0.322 e. The number of carbonyl (C=O) groups is 1. The van der Waals surface area contributed by atoms with Crippen LogP contribution in [0.5, 0.6) is 0 Å². The Bertz CT molecular complexity index is 481. The highest BCUT2D eigenvalue weighted by Crippen LogP contribution is 2.27. The van der Waals surface area contributed by atoms with Crippen LogP contribution in [0.1, 0.15) is 6.42 Å². The second kappa shape index (κ2) is 4.79. The van der Waals surface area contributed by atoms with E-state index in [0.717, 1.165) is 11.0 Å². The van der Waals surface area contributed by atoms with E-state index < -0.39 is 24.3 Å². The fraction of sp³-hybridized carbons (Fsp3) is 0.364. The zero-order valence-corrected chi connectivity index (χ0v) is 10.8. The second-order valence-corrected chi connectivity index (χ2v) is 4.94. The quantitative estimate of drug-likeness (QED) is 0.843. The van der Waals surface area contributed by atoms with Gasteiger partial charge in [0, 0.05) is 18.7 Å². The topological polar surface area (TPSA) is 32.3 Å². The zero-order chi connectivity index (χ0) is 13.3. The molecule has 0 saturated carbocycles. The highest BCUT2D eigenvalue weighted by atomic mass is 79.9. The van der Waals surface area contributed by atoms with Crippen molar-refractivity contribution in [1.82, 2.24) is 4.90 Å². The summed E-state index contributed by atoms with van der Waals surface area (Å²) in [7, 11) is 0. The van der Waals surface area contributed by atoms with E-state index in [1.165, 1.54) is 12.1 Å². The lowest BCUT2D eigenvalue weighted by Gasteiger charge is -2.17. The number of hydrogen-bond acceptors (Lipinski definition) is 1. The summed E-state index contributed by atoms with van der Waals surface area (Å²) in [4.78, 5) is 12.7. The molecule has 1 saturated heterocycles. The molecular weight excluding hydrogens is 313 g/mol. The zero-order valence-electron chi connectivity index (χ0n) is 9.22. The molecule has 1 aliphatic rings. The van der Waals surface area contributed by atoms with Crippen molar-refractivity contribution in [3.8, 4) is 0 Å². The normalized spacial score (nSPS) is 17.9. The number of nitrogens with one attached hydrogen (secondary N) is 1. The summed E-state index contributed by atoms with van der Waals surface area (Å²) in [6, 6.07) is 3.40. The largest absolute Gasteiger partial charge is 0.322 e. The number of anilines is 1. The smallest absolute Gasteiger partial charge is 0.318 e. The molecule has 7 heteroatoms. The molecule has 1 aliphatic heterocycles. The van der Waals surface area contributed by atoms with Gasteiger partial charge in [-0.05, 0) is 34.1 Å². The summed E-state index contributed by atoms with van der Waals surface area (Å²) in [5.74, 6) is -3.36. The van der Waals surface area contributed by atoms with Crippen LogP contribution in [0, 0.1) is 5.82 Å². The molecule has 0 spiro atoms. The molecule has 1 fully saturated rings. The van der Waals surface area contributed by atoms with Crippen molar-refractivity contribution < 1.29 is 18.0 Å². The van der Waals surface area contributed by atoms with Gasteiger partial charge in [-0.25, -0.2) is 18.0 Å². The number of amides is 2. The maximum absolute atomic E-state index is 13.2. The SMILES string of the molecule is O=C(Nc1ccc(Br)c(F)c1)N1CCC(F)(F)C1. The Morgan fingerprint density at radius 1 is 1.44 bits per heavy atom. The molecule has 1 aromatic rings. The Morgan fingerprint density at radius 2 is 2.17 bits per heavy atom. The lowest BCUT2D eigenvalue weighted by atomic mass is 10.3. The number of hydrogen-bond donors (Lipinski definition) is 1. The van der Waals surface area contributed by atoms with Gasteiger partial charge in [-0.1, -0.05) is 0 Å². The maximum atomic E-state index is 13.2. The fourth-order valence-corrected chi connectivity index (χ4v) is 1.93. The molecule has 1 aromatic carbocycles. The second-order valence-electron chi connectivity index (χ2n) is 4.09. The first-order valence-corrected chi connectivity index (χ1v) is 6.05. The highest BCUT2D eigenvalue weighted by Gasteiger charge is 2.40. The van der Waals surface area contributed by atoms with Crippen LogP contribution in [0.4, 0.5) is 23.7 Å². The van der Waals surface area contributed by atoms with Crippen LogP contribution in [-0.2, 0) is 0 Å². The number of nitrogens with zero attached hydrogens (tertiary/aromatic N) is 1. The van der Waals surface area contributed by atoms with Crippen molar-refractivity contribution in [3.05, 3.63) is 28.5 Å². The average Bonchev–Trinajstić information content (AvgIpc) is 2.64. The van der Waals surface area contributed by atoms with Crippen LogP contribution in [0.3, 0.4) is 0 Å². The van der Waals surface area contributed by atoms with Gasteiger partial charge in [0.15, 0.2) is 0 Å². The molecule has 2 amide bonds. The van der Waals surface area contributed by atoms with Crippen LogP contribution in [-0.4, -0.2) is 29.9 Å². The average molecular weight is 323 g/mol. The first kappa shape index (κ1) is 13.2. The lowest BCUT2D eigenvalue weighted by Crippen LogP contribution is -2.34. The first-order valence-electron chi connectivity index (χ1n) is 5.26. The molecule has 1 N–H and O–H groups in total. The van der Waals surface area contributed by atoms with E-state index in [1.54, 1.807) is 0 Å². The van der Waals surface area contributed by atoms with E-state index in [0.29, 0.717) is 0 Å². The molecular formula is C11H10BrF3N2O. The lowest BCUT2D eigenvalue weighted by molar-refractivity contribution is 0.0159. The summed E-state index contributed by atoms with van der Waals surface area (Å²) in [6.07, 6.45) is -0.338. The van der Waals surface area contributed by atoms with Gasteiger partial charge in [-0.2, -0.15) is 0 Å². The van der Waals surface area contributed by atoms with Crippen molar-refractivity contribution in [1.29, 1.82) is 0 Å². The third-order valence-corrected chi connectivity index (χ3v) is 3.27. The molecule has 98 valence electrons. The molecule has 0 aromatic heterocycles. The molecule has 3 nitrogen and oxygen atoms in total. The number of alkyl halides is 2. The van der Waals surface area contributed by atoms with E-state index in [9.17, 15) is 18.0 Å². The first-order chi connectivity index (χ1) is 8.37. The number of halogens is 4. The number of likely N-dealkylation sites (tertiary alicyclic amines) is 1. The third-order valence-electron chi connectivity index (χ3n) is 2.63. The van der Waals surface area contributed by atoms with Crippen LogP contribution in [0.15, 0.2) is 22.7 Å². The summed E-state index contributed by atoms with van der Waals surface area (Å²) < 4.78 is 39.3. The van der Waals surface area contributed by atoms with Crippen molar-refractivity contribution >= 4 is 27.6 Å². The van der Waals surface area contributed by atoms with Gasteiger partial charge in [-0.3, -0.25) is 0 Å². The molecule has 0 aliphatic carbocycles. The minimum absolute atomic E-state index is 0.00214.